The quantitative estimate of drug-likeness (QED) is 0.932. The van der Waals surface area contributed by atoms with Gasteiger partial charge in [-0.2, -0.15) is 4.98 Å². The molecule has 5 heteroatoms. The molecule has 0 fully saturated rings. The summed E-state index contributed by atoms with van der Waals surface area (Å²) in [6.07, 6.45) is 1.77. The van der Waals surface area contributed by atoms with Gasteiger partial charge in [0.1, 0.15) is 5.75 Å². The predicted octanol–water partition coefficient (Wildman–Crippen LogP) is 3.26. The molecule has 0 radical (unpaired) electrons. The number of halogens is 1. The normalized spacial score (nSPS) is 10.5. The van der Waals surface area contributed by atoms with Gasteiger partial charge in [-0.15, -0.1) is 0 Å². The maximum absolute atomic E-state index is 5.95. The van der Waals surface area contributed by atoms with Crippen molar-refractivity contribution in [3.05, 3.63) is 46.2 Å². The second-order valence-corrected chi connectivity index (χ2v) is 4.74. The van der Waals surface area contributed by atoms with Crippen molar-refractivity contribution in [2.24, 2.45) is 0 Å². The van der Waals surface area contributed by atoms with Gasteiger partial charge in [0.15, 0.2) is 0 Å². The average Bonchev–Trinajstić information content (AvgIpc) is 2.37. The van der Waals surface area contributed by atoms with Gasteiger partial charge in [-0.25, -0.2) is 4.98 Å². The minimum Gasteiger partial charge on any atom is -0.424 e. The number of hydrogen-bond donors (Lipinski definition) is 1. The molecule has 0 spiro atoms. The molecule has 0 saturated carbocycles. The van der Waals surface area contributed by atoms with Crippen molar-refractivity contribution in [1.29, 1.82) is 0 Å². The molecule has 0 aliphatic heterocycles. The van der Waals surface area contributed by atoms with Gasteiger partial charge in [-0.1, -0.05) is 17.7 Å². The van der Waals surface area contributed by atoms with Gasteiger partial charge >= 0.3 is 6.01 Å². The Kier molecular flexibility index (Phi) is 4.35. The van der Waals surface area contributed by atoms with Crippen molar-refractivity contribution in [2.75, 3.05) is 7.05 Å². The summed E-state index contributed by atoms with van der Waals surface area (Å²) in [4.78, 5) is 8.55. The first-order valence-electron chi connectivity index (χ1n) is 6.01. The zero-order valence-corrected chi connectivity index (χ0v) is 12.0. The molecule has 1 aromatic heterocycles. The summed E-state index contributed by atoms with van der Waals surface area (Å²) in [7, 11) is 1.89. The molecule has 1 aromatic carbocycles. The van der Waals surface area contributed by atoms with Gasteiger partial charge in [-0.05, 0) is 38.6 Å². The molecule has 0 bridgehead atoms. The van der Waals surface area contributed by atoms with Crippen molar-refractivity contribution in [3.8, 4) is 11.8 Å². The highest BCUT2D eigenvalue weighted by Crippen LogP contribution is 2.26. The summed E-state index contributed by atoms with van der Waals surface area (Å²) in [6, 6.07) is 5.82. The fraction of sp³-hybridized carbons (Fsp3) is 0.286. The lowest BCUT2D eigenvalue weighted by atomic mass is 10.2. The van der Waals surface area contributed by atoms with Gasteiger partial charge in [0.25, 0.3) is 0 Å². The molecule has 1 N–H and O–H groups in total. The third-order valence-electron chi connectivity index (χ3n) is 2.78. The van der Waals surface area contributed by atoms with Crippen LogP contribution in [0.3, 0.4) is 0 Å². The van der Waals surface area contributed by atoms with Crippen LogP contribution in [-0.4, -0.2) is 17.0 Å². The third-order valence-corrected chi connectivity index (χ3v) is 3.01. The van der Waals surface area contributed by atoms with E-state index >= 15 is 0 Å². The summed E-state index contributed by atoms with van der Waals surface area (Å²) in [5.41, 5.74) is 2.95. The Morgan fingerprint density at radius 3 is 2.79 bits per heavy atom. The summed E-state index contributed by atoms with van der Waals surface area (Å²) in [6.45, 7) is 4.63. The lowest BCUT2D eigenvalue weighted by molar-refractivity contribution is 0.436. The van der Waals surface area contributed by atoms with Gasteiger partial charge < -0.3 is 10.1 Å². The molecule has 19 heavy (non-hydrogen) atoms. The summed E-state index contributed by atoms with van der Waals surface area (Å²) in [5, 5.41) is 3.70. The predicted molar refractivity (Wildman–Crippen MR) is 75.8 cm³/mol. The number of nitrogens with zero attached hydrogens (tertiary/aromatic N) is 2. The van der Waals surface area contributed by atoms with Gasteiger partial charge in [-0.3, -0.25) is 0 Å². The fourth-order valence-corrected chi connectivity index (χ4v) is 1.83. The SMILES string of the molecule is CNCc1cnc(Oc2cc(Cl)ccc2C)nc1C. The Labute approximate surface area is 117 Å². The molecule has 4 nitrogen and oxygen atoms in total. The van der Waals surface area contributed by atoms with Crippen LogP contribution in [0.2, 0.25) is 5.02 Å². The molecule has 2 aromatic rings. The highest BCUT2D eigenvalue weighted by atomic mass is 35.5. The second-order valence-electron chi connectivity index (χ2n) is 4.31. The fourth-order valence-electron chi connectivity index (χ4n) is 1.67. The number of aromatic nitrogens is 2. The largest absolute Gasteiger partial charge is 0.424 e. The number of nitrogens with one attached hydrogen (secondary N) is 1. The summed E-state index contributed by atoms with van der Waals surface area (Å²) < 4.78 is 5.68. The maximum atomic E-state index is 5.95. The zero-order chi connectivity index (χ0) is 13.8. The first-order valence-corrected chi connectivity index (χ1v) is 6.39. The van der Waals surface area contributed by atoms with Crippen LogP contribution < -0.4 is 10.1 Å². The number of ether oxygens (including phenoxy) is 1. The van der Waals surface area contributed by atoms with Crippen LogP contribution in [0, 0.1) is 13.8 Å². The summed E-state index contributed by atoms with van der Waals surface area (Å²) >= 11 is 5.95. The van der Waals surface area contributed by atoms with Crippen molar-refractivity contribution in [2.45, 2.75) is 20.4 Å². The molecule has 2 rings (SSSR count). The van der Waals surface area contributed by atoms with E-state index in [4.69, 9.17) is 16.3 Å². The Hall–Kier alpha value is -1.65. The number of benzene rings is 1. The Bertz CT molecular complexity index is 587. The number of rotatable bonds is 4. The van der Waals surface area contributed by atoms with Crippen LogP contribution in [0.1, 0.15) is 16.8 Å². The van der Waals surface area contributed by atoms with E-state index in [2.05, 4.69) is 15.3 Å². The van der Waals surface area contributed by atoms with Crippen molar-refractivity contribution in [3.63, 3.8) is 0 Å². The zero-order valence-electron chi connectivity index (χ0n) is 11.2. The average molecular weight is 278 g/mol. The molecule has 1 heterocycles. The second kappa shape index (κ2) is 5.99. The molecule has 0 amide bonds. The standard InChI is InChI=1S/C14H16ClN3O/c1-9-4-5-12(15)6-13(9)19-14-17-8-11(7-16-3)10(2)18-14/h4-6,8,16H,7H2,1-3H3. The molecule has 0 aliphatic carbocycles. The molecular formula is C14H16ClN3O. The van der Waals surface area contributed by atoms with Crippen LogP contribution in [0.15, 0.2) is 24.4 Å². The van der Waals surface area contributed by atoms with Crippen LogP contribution in [0.5, 0.6) is 11.8 Å². The third kappa shape index (κ3) is 3.43. The molecule has 0 atom stereocenters. The van der Waals surface area contributed by atoms with Gasteiger partial charge in [0.2, 0.25) is 0 Å². The van der Waals surface area contributed by atoms with E-state index in [0.717, 1.165) is 23.4 Å². The van der Waals surface area contributed by atoms with Crippen LogP contribution in [0.25, 0.3) is 0 Å². The minimum absolute atomic E-state index is 0.336. The minimum atomic E-state index is 0.336. The van der Waals surface area contributed by atoms with E-state index in [1.165, 1.54) is 0 Å². The van der Waals surface area contributed by atoms with Crippen LogP contribution >= 0.6 is 11.6 Å². The monoisotopic (exact) mass is 277 g/mol. The van der Waals surface area contributed by atoms with Gasteiger partial charge in [0, 0.05) is 29.0 Å². The topological polar surface area (TPSA) is 47.0 Å². The number of hydrogen-bond acceptors (Lipinski definition) is 4. The molecule has 100 valence electrons. The molecule has 0 saturated heterocycles. The van der Waals surface area contributed by atoms with Crippen LogP contribution in [-0.2, 0) is 6.54 Å². The van der Waals surface area contributed by atoms with E-state index in [1.54, 1.807) is 12.3 Å². The first kappa shape index (κ1) is 13.8. The highest BCUT2D eigenvalue weighted by Gasteiger charge is 2.07. The van der Waals surface area contributed by atoms with Crippen molar-refractivity contribution >= 4 is 11.6 Å². The smallest absolute Gasteiger partial charge is 0.322 e. The van der Waals surface area contributed by atoms with E-state index in [-0.39, 0.29) is 0 Å². The Balaban J connectivity index is 2.24. The maximum Gasteiger partial charge on any atom is 0.322 e. The van der Waals surface area contributed by atoms with E-state index in [0.29, 0.717) is 16.8 Å². The molecule has 0 aliphatic rings. The van der Waals surface area contributed by atoms with E-state index < -0.39 is 0 Å². The molecular weight excluding hydrogens is 262 g/mol. The van der Waals surface area contributed by atoms with Gasteiger partial charge in [0.05, 0.1) is 0 Å². The lowest BCUT2D eigenvalue weighted by Crippen LogP contribution is -2.08. The molecule has 0 unspecified atom stereocenters. The highest BCUT2D eigenvalue weighted by molar-refractivity contribution is 6.30. The van der Waals surface area contributed by atoms with Crippen molar-refractivity contribution in [1.82, 2.24) is 15.3 Å². The first-order chi connectivity index (χ1) is 9.10. The van der Waals surface area contributed by atoms with Crippen LogP contribution in [0.4, 0.5) is 0 Å². The number of aryl methyl sites for hydroxylation is 2. The Morgan fingerprint density at radius 1 is 1.32 bits per heavy atom. The summed E-state index contributed by atoms with van der Waals surface area (Å²) in [5.74, 6) is 0.674. The van der Waals surface area contributed by atoms with E-state index in [1.807, 2.05) is 33.0 Å². The Morgan fingerprint density at radius 2 is 2.11 bits per heavy atom. The lowest BCUT2D eigenvalue weighted by Gasteiger charge is -2.09. The van der Waals surface area contributed by atoms with E-state index in [9.17, 15) is 0 Å². The van der Waals surface area contributed by atoms with Crippen molar-refractivity contribution < 1.29 is 4.74 Å².